The third-order valence-corrected chi connectivity index (χ3v) is 1.74. The van der Waals surface area contributed by atoms with Gasteiger partial charge in [-0.25, -0.2) is 0 Å². The van der Waals surface area contributed by atoms with E-state index in [2.05, 4.69) is 18.8 Å². The van der Waals surface area contributed by atoms with E-state index < -0.39 is 0 Å². The second-order valence-electron chi connectivity index (χ2n) is 2.74. The lowest BCUT2D eigenvalue weighted by Crippen LogP contribution is -1.97. The molecule has 1 rings (SSSR count). The Kier molecular flexibility index (Phi) is 1.94. The Morgan fingerprint density at radius 3 is 2.40 bits per heavy atom. The van der Waals surface area contributed by atoms with Crippen LogP contribution in [-0.4, -0.2) is 9.55 Å². The number of aromatic nitrogens is 2. The van der Waals surface area contributed by atoms with E-state index >= 15 is 0 Å². The SMILES string of the molecule is Cc1cn(C(C)C)c(=S)[nH]1. The first-order chi connectivity index (χ1) is 4.61. The highest BCUT2D eigenvalue weighted by Gasteiger charge is 1.98. The minimum absolute atomic E-state index is 0.456. The predicted octanol–water partition coefficient (Wildman–Crippen LogP) is 2.44. The lowest BCUT2D eigenvalue weighted by Gasteiger charge is -2.03. The highest BCUT2D eigenvalue weighted by molar-refractivity contribution is 7.71. The quantitative estimate of drug-likeness (QED) is 0.619. The smallest absolute Gasteiger partial charge is 0.177 e. The molecule has 3 heteroatoms. The summed E-state index contributed by atoms with van der Waals surface area (Å²) in [5, 5.41) is 0. The van der Waals surface area contributed by atoms with Crippen molar-refractivity contribution in [1.29, 1.82) is 0 Å². The summed E-state index contributed by atoms with van der Waals surface area (Å²) in [5.74, 6) is 0. The minimum atomic E-state index is 0.456. The van der Waals surface area contributed by atoms with Gasteiger partial charge in [-0.15, -0.1) is 0 Å². The van der Waals surface area contributed by atoms with Crippen molar-refractivity contribution in [2.45, 2.75) is 26.8 Å². The maximum absolute atomic E-state index is 5.06. The van der Waals surface area contributed by atoms with Crippen LogP contribution in [0.25, 0.3) is 0 Å². The highest BCUT2D eigenvalue weighted by atomic mass is 32.1. The predicted molar refractivity (Wildman–Crippen MR) is 44.7 cm³/mol. The number of aromatic amines is 1. The summed E-state index contributed by atoms with van der Waals surface area (Å²) < 4.78 is 2.86. The van der Waals surface area contributed by atoms with Gasteiger partial charge >= 0.3 is 0 Å². The number of hydrogen-bond donors (Lipinski definition) is 1. The summed E-state index contributed by atoms with van der Waals surface area (Å²) >= 11 is 5.06. The monoisotopic (exact) mass is 156 g/mol. The fraction of sp³-hybridized carbons (Fsp3) is 0.571. The Balaban J connectivity index is 3.16. The third kappa shape index (κ3) is 1.29. The molecule has 1 aromatic rings. The van der Waals surface area contributed by atoms with E-state index in [4.69, 9.17) is 12.2 Å². The van der Waals surface area contributed by atoms with Crippen molar-refractivity contribution in [3.8, 4) is 0 Å². The van der Waals surface area contributed by atoms with E-state index in [1.165, 1.54) is 0 Å². The second kappa shape index (κ2) is 2.58. The zero-order valence-corrected chi connectivity index (χ0v) is 7.33. The third-order valence-electron chi connectivity index (χ3n) is 1.43. The van der Waals surface area contributed by atoms with E-state index in [-0.39, 0.29) is 0 Å². The van der Waals surface area contributed by atoms with Crippen LogP contribution >= 0.6 is 12.2 Å². The van der Waals surface area contributed by atoms with Crippen molar-refractivity contribution >= 4 is 12.2 Å². The molecule has 0 aliphatic heterocycles. The van der Waals surface area contributed by atoms with Crippen molar-refractivity contribution in [2.75, 3.05) is 0 Å². The largest absolute Gasteiger partial charge is 0.335 e. The van der Waals surface area contributed by atoms with Crippen LogP contribution in [0.4, 0.5) is 0 Å². The molecule has 0 radical (unpaired) electrons. The van der Waals surface area contributed by atoms with Gasteiger partial charge in [0.1, 0.15) is 0 Å². The van der Waals surface area contributed by atoms with Gasteiger partial charge in [-0.1, -0.05) is 0 Å². The first kappa shape index (κ1) is 7.54. The van der Waals surface area contributed by atoms with Gasteiger partial charge in [-0.2, -0.15) is 0 Å². The van der Waals surface area contributed by atoms with Gasteiger partial charge in [0, 0.05) is 17.9 Å². The summed E-state index contributed by atoms with van der Waals surface area (Å²) in [6.07, 6.45) is 2.03. The average Bonchev–Trinajstić information content (AvgIpc) is 2.10. The van der Waals surface area contributed by atoms with Gasteiger partial charge in [-0.05, 0) is 33.0 Å². The standard InChI is InChI=1S/C7H12N2S/c1-5(2)9-4-6(3)8-7(9)10/h4-5H,1-3H3,(H,8,10). The first-order valence-corrected chi connectivity index (χ1v) is 3.80. The van der Waals surface area contributed by atoms with Gasteiger partial charge in [-0.3, -0.25) is 0 Å². The Bertz CT molecular complexity index is 269. The van der Waals surface area contributed by atoms with Gasteiger partial charge in [0.2, 0.25) is 0 Å². The minimum Gasteiger partial charge on any atom is -0.335 e. The van der Waals surface area contributed by atoms with Crippen molar-refractivity contribution in [3.63, 3.8) is 0 Å². The van der Waals surface area contributed by atoms with Crippen LogP contribution in [0.3, 0.4) is 0 Å². The van der Waals surface area contributed by atoms with Crippen LogP contribution in [0.15, 0.2) is 6.20 Å². The number of aryl methyl sites for hydroxylation is 1. The number of nitrogens with zero attached hydrogens (tertiary/aromatic N) is 1. The van der Waals surface area contributed by atoms with Crippen molar-refractivity contribution in [1.82, 2.24) is 9.55 Å². The number of imidazole rings is 1. The molecule has 1 N–H and O–H groups in total. The van der Waals surface area contributed by atoms with Crippen LogP contribution in [0.2, 0.25) is 0 Å². The van der Waals surface area contributed by atoms with Crippen LogP contribution in [0.5, 0.6) is 0 Å². The maximum Gasteiger partial charge on any atom is 0.177 e. The maximum atomic E-state index is 5.06. The van der Waals surface area contributed by atoms with E-state index in [9.17, 15) is 0 Å². The molecular weight excluding hydrogens is 144 g/mol. The lowest BCUT2D eigenvalue weighted by atomic mass is 10.4. The number of nitrogens with one attached hydrogen (secondary N) is 1. The average molecular weight is 156 g/mol. The summed E-state index contributed by atoms with van der Waals surface area (Å²) in [6.45, 7) is 6.24. The van der Waals surface area contributed by atoms with E-state index in [1.54, 1.807) is 0 Å². The normalized spacial score (nSPS) is 10.8. The molecule has 56 valence electrons. The van der Waals surface area contributed by atoms with Gasteiger partial charge < -0.3 is 9.55 Å². The highest BCUT2D eigenvalue weighted by Crippen LogP contribution is 2.06. The molecule has 0 aliphatic rings. The van der Waals surface area contributed by atoms with Crippen molar-refractivity contribution in [2.24, 2.45) is 0 Å². The molecule has 0 spiro atoms. The van der Waals surface area contributed by atoms with Crippen LogP contribution < -0.4 is 0 Å². The Hall–Kier alpha value is -0.570. The number of hydrogen-bond acceptors (Lipinski definition) is 1. The molecule has 0 atom stereocenters. The Labute approximate surface area is 65.9 Å². The summed E-state index contributed by atoms with van der Waals surface area (Å²) in [6, 6.07) is 0.456. The molecular formula is C7H12N2S. The van der Waals surface area contributed by atoms with Crippen LogP contribution in [-0.2, 0) is 0 Å². The first-order valence-electron chi connectivity index (χ1n) is 3.39. The molecule has 0 unspecified atom stereocenters. The van der Waals surface area contributed by atoms with E-state index in [0.29, 0.717) is 6.04 Å². The molecule has 2 nitrogen and oxygen atoms in total. The molecule has 0 saturated carbocycles. The molecule has 10 heavy (non-hydrogen) atoms. The fourth-order valence-electron chi connectivity index (χ4n) is 0.916. The molecule has 0 bridgehead atoms. The van der Waals surface area contributed by atoms with Crippen LogP contribution in [0.1, 0.15) is 25.6 Å². The second-order valence-corrected chi connectivity index (χ2v) is 3.13. The molecule has 0 fully saturated rings. The summed E-state index contributed by atoms with van der Waals surface area (Å²) in [7, 11) is 0. The molecule has 1 heterocycles. The fourth-order valence-corrected chi connectivity index (χ4v) is 1.34. The Morgan fingerprint density at radius 1 is 1.60 bits per heavy atom. The van der Waals surface area contributed by atoms with E-state index in [1.807, 2.05) is 17.7 Å². The Morgan fingerprint density at radius 2 is 2.20 bits per heavy atom. The zero-order chi connectivity index (χ0) is 7.72. The molecule has 0 aromatic carbocycles. The van der Waals surface area contributed by atoms with Gasteiger partial charge in [0.25, 0.3) is 0 Å². The van der Waals surface area contributed by atoms with Crippen LogP contribution in [0, 0.1) is 11.7 Å². The van der Waals surface area contributed by atoms with Crippen molar-refractivity contribution < 1.29 is 0 Å². The molecule has 0 aliphatic carbocycles. The zero-order valence-electron chi connectivity index (χ0n) is 6.51. The number of rotatable bonds is 1. The molecule has 1 aromatic heterocycles. The van der Waals surface area contributed by atoms with Gasteiger partial charge in [0.05, 0.1) is 0 Å². The summed E-state index contributed by atoms with van der Waals surface area (Å²) in [5.41, 5.74) is 1.12. The molecule has 0 amide bonds. The van der Waals surface area contributed by atoms with Gasteiger partial charge in [0.15, 0.2) is 4.77 Å². The number of H-pyrrole nitrogens is 1. The lowest BCUT2D eigenvalue weighted by molar-refractivity contribution is 0.592. The van der Waals surface area contributed by atoms with Crippen molar-refractivity contribution in [3.05, 3.63) is 16.7 Å². The molecule has 0 saturated heterocycles. The topological polar surface area (TPSA) is 20.7 Å². The van der Waals surface area contributed by atoms with E-state index in [0.717, 1.165) is 10.5 Å². The summed E-state index contributed by atoms with van der Waals surface area (Å²) in [4.78, 5) is 3.07.